The van der Waals surface area contributed by atoms with Gasteiger partial charge in [0.2, 0.25) is 11.8 Å². The Balaban J connectivity index is 1.42. The number of methoxy groups -OCH3 is 1. The smallest absolute Gasteiger partial charge is 0.243 e. The summed E-state index contributed by atoms with van der Waals surface area (Å²) in [5.74, 6) is 0.111. The Hall–Kier alpha value is -3.26. The highest BCUT2D eigenvalue weighted by atomic mass is 16.5. The predicted octanol–water partition coefficient (Wildman–Crippen LogP) is 2.01. The molecular weight excluding hydrogens is 384 g/mol. The summed E-state index contributed by atoms with van der Waals surface area (Å²) >= 11 is 0. The lowest BCUT2D eigenvalue weighted by Gasteiger charge is -2.23. The average molecular weight is 408 g/mol. The summed E-state index contributed by atoms with van der Waals surface area (Å²) in [6.45, 7) is 2.54. The fraction of sp³-hybridized carbons (Fsp3) is 0.364. The highest BCUT2D eigenvalue weighted by Crippen LogP contribution is 2.22. The topological polar surface area (TPSA) is 97.6 Å². The molecule has 3 heterocycles. The number of hydrogen-bond donors (Lipinski definition) is 1. The van der Waals surface area contributed by atoms with Crippen molar-refractivity contribution in [2.45, 2.75) is 38.5 Å². The number of hydrogen-bond acceptors (Lipinski definition) is 6. The third-order valence-electron chi connectivity index (χ3n) is 5.36. The maximum atomic E-state index is 12.9. The maximum absolute atomic E-state index is 12.9. The Morgan fingerprint density at radius 1 is 1.30 bits per heavy atom. The van der Waals surface area contributed by atoms with Gasteiger partial charge in [-0.2, -0.15) is 0 Å². The molecule has 156 valence electrons. The summed E-state index contributed by atoms with van der Waals surface area (Å²) in [6.07, 6.45) is 2.10. The number of fused-ring (bicyclic) bond motifs is 1. The third kappa shape index (κ3) is 4.33. The van der Waals surface area contributed by atoms with Gasteiger partial charge in [-0.25, -0.2) is 0 Å². The number of aromatic nitrogens is 2. The second-order valence-corrected chi connectivity index (χ2v) is 7.51. The SMILES string of the molecule is CO[C@@H]1C[C@@H](C(=O)NCc2ccc3cccnc3c2)N(C(=O)Cc2cc(C)no2)C1. The van der Waals surface area contributed by atoms with Crippen LogP contribution in [-0.4, -0.2) is 52.7 Å². The Bertz CT molecular complexity index is 1060. The number of aryl methyl sites for hydroxylation is 1. The van der Waals surface area contributed by atoms with Crippen molar-refractivity contribution in [2.75, 3.05) is 13.7 Å². The van der Waals surface area contributed by atoms with E-state index in [1.54, 1.807) is 31.2 Å². The quantitative estimate of drug-likeness (QED) is 0.670. The first-order valence-corrected chi connectivity index (χ1v) is 9.89. The number of carbonyl (C=O) groups is 2. The first-order chi connectivity index (χ1) is 14.5. The minimum Gasteiger partial charge on any atom is -0.380 e. The molecule has 0 aliphatic carbocycles. The van der Waals surface area contributed by atoms with Gasteiger partial charge in [-0.05, 0) is 24.6 Å². The van der Waals surface area contributed by atoms with Crippen LogP contribution in [0.3, 0.4) is 0 Å². The van der Waals surface area contributed by atoms with Gasteiger partial charge in [-0.1, -0.05) is 23.4 Å². The molecule has 4 rings (SSSR count). The molecule has 2 atom stereocenters. The highest BCUT2D eigenvalue weighted by Gasteiger charge is 2.39. The fourth-order valence-corrected chi connectivity index (χ4v) is 3.77. The molecule has 1 N–H and O–H groups in total. The minimum atomic E-state index is -0.579. The van der Waals surface area contributed by atoms with Crippen LogP contribution in [-0.2, 0) is 27.3 Å². The molecule has 0 unspecified atom stereocenters. The molecule has 0 radical (unpaired) electrons. The molecule has 1 aliphatic rings. The van der Waals surface area contributed by atoms with Crippen molar-refractivity contribution in [2.24, 2.45) is 0 Å². The molecule has 0 saturated carbocycles. The maximum Gasteiger partial charge on any atom is 0.243 e. The Morgan fingerprint density at radius 2 is 2.17 bits per heavy atom. The van der Waals surface area contributed by atoms with Crippen LogP contribution in [0.4, 0.5) is 0 Å². The van der Waals surface area contributed by atoms with Gasteiger partial charge in [0.15, 0.2) is 0 Å². The van der Waals surface area contributed by atoms with E-state index in [0.717, 1.165) is 16.5 Å². The number of nitrogens with one attached hydrogen (secondary N) is 1. The van der Waals surface area contributed by atoms with E-state index < -0.39 is 6.04 Å². The second-order valence-electron chi connectivity index (χ2n) is 7.51. The van der Waals surface area contributed by atoms with Crippen LogP contribution < -0.4 is 5.32 Å². The molecule has 8 heteroatoms. The van der Waals surface area contributed by atoms with Crippen molar-refractivity contribution in [3.05, 3.63) is 59.6 Å². The van der Waals surface area contributed by atoms with Gasteiger partial charge in [0, 0.05) is 44.3 Å². The van der Waals surface area contributed by atoms with Gasteiger partial charge in [-0.3, -0.25) is 14.6 Å². The highest BCUT2D eigenvalue weighted by molar-refractivity contribution is 5.89. The number of likely N-dealkylation sites (tertiary alicyclic amines) is 1. The molecule has 2 aromatic heterocycles. The molecule has 1 fully saturated rings. The van der Waals surface area contributed by atoms with Crippen molar-refractivity contribution in [3.63, 3.8) is 0 Å². The van der Waals surface area contributed by atoms with E-state index in [1.165, 1.54) is 0 Å². The monoisotopic (exact) mass is 408 g/mol. The number of amides is 2. The molecule has 1 saturated heterocycles. The molecular formula is C22H24N4O4. The Kier molecular flexibility index (Phi) is 5.76. The van der Waals surface area contributed by atoms with E-state index in [2.05, 4.69) is 15.5 Å². The van der Waals surface area contributed by atoms with Crippen LogP contribution in [0.5, 0.6) is 0 Å². The Labute approximate surface area is 174 Å². The number of benzene rings is 1. The van der Waals surface area contributed by atoms with Crippen LogP contribution in [0.1, 0.15) is 23.4 Å². The Morgan fingerprint density at radius 3 is 2.93 bits per heavy atom. The summed E-state index contributed by atoms with van der Waals surface area (Å²) in [5, 5.41) is 7.81. The molecule has 1 aromatic carbocycles. The van der Waals surface area contributed by atoms with E-state index in [1.807, 2.05) is 30.3 Å². The van der Waals surface area contributed by atoms with Crippen molar-refractivity contribution in [3.8, 4) is 0 Å². The number of ether oxygens (including phenoxy) is 1. The lowest BCUT2D eigenvalue weighted by molar-refractivity contribution is -0.138. The van der Waals surface area contributed by atoms with Gasteiger partial charge in [-0.15, -0.1) is 0 Å². The normalized spacial score (nSPS) is 18.7. The van der Waals surface area contributed by atoms with Gasteiger partial charge in [0.05, 0.1) is 23.7 Å². The van der Waals surface area contributed by atoms with Crippen LogP contribution in [0, 0.1) is 6.92 Å². The van der Waals surface area contributed by atoms with E-state index in [-0.39, 0.29) is 24.3 Å². The van der Waals surface area contributed by atoms with Crippen molar-refractivity contribution < 1.29 is 18.8 Å². The molecule has 0 bridgehead atoms. The molecule has 2 amide bonds. The van der Waals surface area contributed by atoms with Gasteiger partial charge in [0.25, 0.3) is 0 Å². The minimum absolute atomic E-state index is 0.0669. The van der Waals surface area contributed by atoms with Gasteiger partial charge >= 0.3 is 0 Å². The summed E-state index contributed by atoms with van der Waals surface area (Å²) in [7, 11) is 1.59. The van der Waals surface area contributed by atoms with Crippen LogP contribution >= 0.6 is 0 Å². The largest absolute Gasteiger partial charge is 0.380 e. The number of carbonyl (C=O) groups excluding carboxylic acids is 2. The standard InChI is InChI=1S/C22H24N4O4/c1-14-8-17(30-25-14)11-21(27)26-13-18(29-2)10-20(26)22(28)24-12-15-5-6-16-4-3-7-23-19(16)9-15/h3-9,18,20H,10-13H2,1-2H3,(H,24,28)/t18-,20+/m1/s1. The van der Waals surface area contributed by atoms with E-state index in [4.69, 9.17) is 9.26 Å². The second kappa shape index (κ2) is 8.62. The number of pyridine rings is 1. The van der Waals surface area contributed by atoms with Crippen molar-refractivity contribution >= 4 is 22.7 Å². The van der Waals surface area contributed by atoms with E-state index >= 15 is 0 Å². The summed E-state index contributed by atoms with van der Waals surface area (Å²) < 4.78 is 10.6. The zero-order valence-corrected chi connectivity index (χ0v) is 17.0. The van der Waals surface area contributed by atoms with Crippen LogP contribution in [0.25, 0.3) is 10.9 Å². The number of rotatable bonds is 6. The van der Waals surface area contributed by atoms with Crippen molar-refractivity contribution in [1.29, 1.82) is 0 Å². The molecule has 0 spiro atoms. The third-order valence-corrected chi connectivity index (χ3v) is 5.36. The lowest BCUT2D eigenvalue weighted by atomic mass is 10.1. The summed E-state index contributed by atoms with van der Waals surface area (Å²) in [5.41, 5.74) is 2.54. The molecule has 8 nitrogen and oxygen atoms in total. The number of nitrogens with zero attached hydrogens (tertiary/aromatic N) is 3. The zero-order chi connectivity index (χ0) is 21.1. The fourth-order valence-electron chi connectivity index (χ4n) is 3.77. The zero-order valence-electron chi connectivity index (χ0n) is 17.0. The summed E-state index contributed by atoms with van der Waals surface area (Å²) in [6, 6.07) is 10.9. The van der Waals surface area contributed by atoms with Gasteiger partial charge < -0.3 is 19.5 Å². The first-order valence-electron chi connectivity index (χ1n) is 9.89. The van der Waals surface area contributed by atoms with Gasteiger partial charge in [0.1, 0.15) is 11.8 Å². The molecule has 30 heavy (non-hydrogen) atoms. The summed E-state index contributed by atoms with van der Waals surface area (Å²) in [4.78, 5) is 31.6. The van der Waals surface area contributed by atoms with E-state index in [0.29, 0.717) is 31.0 Å². The van der Waals surface area contributed by atoms with Crippen molar-refractivity contribution in [1.82, 2.24) is 20.4 Å². The molecule has 1 aliphatic heterocycles. The van der Waals surface area contributed by atoms with E-state index in [9.17, 15) is 9.59 Å². The lowest BCUT2D eigenvalue weighted by Crippen LogP contribution is -2.46. The predicted molar refractivity (Wildman–Crippen MR) is 109 cm³/mol. The van der Waals surface area contributed by atoms with Crippen LogP contribution in [0.15, 0.2) is 47.1 Å². The average Bonchev–Trinajstić information content (AvgIpc) is 3.38. The van der Waals surface area contributed by atoms with Crippen LogP contribution in [0.2, 0.25) is 0 Å². The molecule has 3 aromatic rings. The first kappa shape index (κ1) is 20.0.